The first-order valence-electron chi connectivity index (χ1n) is 11.3. The predicted molar refractivity (Wildman–Crippen MR) is 120 cm³/mol. The number of aryl methyl sites for hydroxylation is 1. The summed E-state index contributed by atoms with van der Waals surface area (Å²) < 4.78 is 2.39. The molecule has 1 fully saturated rings. The van der Waals surface area contributed by atoms with Crippen molar-refractivity contribution in [3.8, 4) is 0 Å². The molecular weight excluding hydrogens is 348 g/mol. The third-order valence-electron chi connectivity index (χ3n) is 6.30. The van der Waals surface area contributed by atoms with Crippen LogP contribution in [0.5, 0.6) is 0 Å². The van der Waals surface area contributed by atoms with E-state index in [1.54, 1.807) is 0 Å². The lowest BCUT2D eigenvalue weighted by Crippen LogP contribution is -2.37. The SMILES string of the molecule is CCCCCCCCc1ccc(C2=CNN(C3CCC(CC)CC3)S2)cc1. The first-order chi connectivity index (χ1) is 13.3. The van der Waals surface area contributed by atoms with Crippen LogP contribution in [0.15, 0.2) is 30.5 Å². The fourth-order valence-corrected chi connectivity index (χ4v) is 5.35. The second-order valence-electron chi connectivity index (χ2n) is 8.35. The van der Waals surface area contributed by atoms with Crippen molar-refractivity contribution in [3.05, 3.63) is 41.6 Å². The number of hydrazine groups is 1. The lowest BCUT2D eigenvalue weighted by atomic mass is 9.85. The summed E-state index contributed by atoms with van der Waals surface area (Å²) in [6, 6.07) is 9.96. The van der Waals surface area contributed by atoms with Crippen molar-refractivity contribution >= 4 is 16.9 Å². The zero-order chi connectivity index (χ0) is 18.9. The monoisotopic (exact) mass is 386 g/mol. The molecule has 3 rings (SSSR count). The van der Waals surface area contributed by atoms with Crippen LogP contribution in [-0.2, 0) is 6.42 Å². The van der Waals surface area contributed by atoms with E-state index in [1.807, 2.05) is 11.9 Å². The number of hydrogen-bond donors (Lipinski definition) is 1. The summed E-state index contributed by atoms with van der Waals surface area (Å²) in [5.74, 6) is 0.959. The number of rotatable bonds is 10. The molecular formula is C24H38N2S. The van der Waals surface area contributed by atoms with E-state index in [9.17, 15) is 0 Å². The summed E-state index contributed by atoms with van der Waals surface area (Å²) in [6.45, 7) is 4.62. The van der Waals surface area contributed by atoms with E-state index in [0.29, 0.717) is 6.04 Å². The van der Waals surface area contributed by atoms with Crippen molar-refractivity contribution in [2.24, 2.45) is 5.92 Å². The molecule has 0 bridgehead atoms. The molecule has 2 nitrogen and oxygen atoms in total. The van der Waals surface area contributed by atoms with Gasteiger partial charge >= 0.3 is 0 Å². The Labute approximate surface area is 171 Å². The third kappa shape index (κ3) is 6.29. The van der Waals surface area contributed by atoms with Crippen LogP contribution in [0.4, 0.5) is 0 Å². The Kier molecular flexibility index (Phi) is 8.60. The van der Waals surface area contributed by atoms with E-state index in [-0.39, 0.29) is 0 Å². The highest BCUT2D eigenvalue weighted by Crippen LogP contribution is 2.39. The Balaban J connectivity index is 1.40. The molecule has 1 aliphatic carbocycles. The van der Waals surface area contributed by atoms with Gasteiger partial charge in [0.25, 0.3) is 0 Å². The van der Waals surface area contributed by atoms with Gasteiger partial charge in [0.15, 0.2) is 0 Å². The largest absolute Gasteiger partial charge is 0.315 e. The minimum Gasteiger partial charge on any atom is -0.315 e. The van der Waals surface area contributed by atoms with Crippen molar-refractivity contribution in [2.45, 2.75) is 96.9 Å². The summed E-state index contributed by atoms with van der Waals surface area (Å²) in [6.07, 6.45) is 18.5. The quantitative estimate of drug-likeness (QED) is 0.335. The van der Waals surface area contributed by atoms with Crippen LogP contribution in [0, 0.1) is 5.92 Å². The molecule has 1 N–H and O–H groups in total. The standard InChI is InChI=1S/C24H38N2S/c1-3-5-6-7-8-9-10-21-11-15-22(16-12-21)24-19-25-26(27-24)23-17-13-20(4-2)14-18-23/h11-12,15-16,19-20,23,25H,3-10,13-14,17-18H2,1-2H3. The van der Waals surface area contributed by atoms with Gasteiger partial charge in [0.2, 0.25) is 0 Å². The van der Waals surface area contributed by atoms with Crippen LogP contribution in [0.2, 0.25) is 0 Å². The second-order valence-corrected chi connectivity index (χ2v) is 9.37. The molecule has 1 heterocycles. The molecule has 0 spiro atoms. The number of nitrogens with one attached hydrogen (secondary N) is 1. The zero-order valence-corrected chi connectivity index (χ0v) is 18.2. The molecule has 27 heavy (non-hydrogen) atoms. The van der Waals surface area contributed by atoms with Crippen LogP contribution < -0.4 is 5.43 Å². The molecule has 0 unspecified atom stereocenters. The van der Waals surface area contributed by atoms with E-state index in [2.05, 4.69) is 54.2 Å². The lowest BCUT2D eigenvalue weighted by Gasteiger charge is -2.33. The van der Waals surface area contributed by atoms with Crippen molar-refractivity contribution < 1.29 is 0 Å². The van der Waals surface area contributed by atoms with Gasteiger partial charge in [-0.2, -0.15) is 4.41 Å². The Morgan fingerprint density at radius 3 is 2.33 bits per heavy atom. The van der Waals surface area contributed by atoms with E-state index < -0.39 is 0 Å². The van der Waals surface area contributed by atoms with Gasteiger partial charge in [0, 0.05) is 17.1 Å². The molecule has 2 aliphatic rings. The van der Waals surface area contributed by atoms with Gasteiger partial charge in [-0.3, -0.25) is 0 Å². The van der Waals surface area contributed by atoms with Crippen LogP contribution >= 0.6 is 11.9 Å². The van der Waals surface area contributed by atoms with Crippen LogP contribution in [0.3, 0.4) is 0 Å². The van der Waals surface area contributed by atoms with E-state index in [1.165, 1.54) is 93.1 Å². The van der Waals surface area contributed by atoms with Gasteiger partial charge in [-0.1, -0.05) is 76.6 Å². The highest BCUT2D eigenvalue weighted by atomic mass is 32.2. The first kappa shape index (κ1) is 20.8. The van der Waals surface area contributed by atoms with E-state index >= 15 is 0 Å². The van der Waals surface area contributed by atoms with Crippen LogP contribution in [0.25, 0.3) is 4.91 Å². The maximum atomic E-state index is 3.52. The highest BCUT2D eigenvalue weighted by molar-refractivity contribution is 8.06. The second kappa shape index (κ2) is 11.2. The minimum atomic E-state index is 0.679. The van der Waals surface area contributed by atoms with Crippen molar-refractivity contribution in [1.82, 2.24) is 9.84 Å². The maximum absolute atomic E-state index is 3.52. The maximum Gasteiger partial charge on any atom is 0.0491 e. The third-order valence-corrected chi connectivity index (χ3v) is 7.45. The summed E-state index contributed by atoms with van der Waals surface area (Å²) in [7, 11) is 0. The topological polar surface area (TPSA) is 15.3 Å². The summed E-state index contributed by atoms with van der Waals surface area (Å²) in [5, 5.41) is 0. The Hall–Kier alpha value is -0.930. The molecule has 1 aromatic rings. The molecule has 1 aliphatic heterocycles. The molecule has 0 atom stereocenters. The summed E-state index contributed by atoms with van der Waals surface area (Å²) in [4.78, 5) is 1.36. The smallest absolute Gasteiger partial charge is 0.0491 e. The Morgan fingerprint density at radius 2 is 1.63 bits per heavy atom. The normalized spacial score (nSPS) is 23.3. The summed E-state index contributed by atoms with van der Waals surface area (Å²) >= 11 is 1.90. The van der Waals surface area contributed by atoms with Crippen molar-refractivity contribution in [2.75, 3.05) is 0 Å². The summed E-state index contributed by atoms with van der Waals surface area (Å²) in [5.41, 5.74) is 6.35. The molecule has 0 radical (unpaired) electrons. The number of nitrogens with zero attached hydrogens (tertiary/aromatic N) is 1. The Morgan fingerprint density at radius 1 is 0.926 bits per heavy atom. The predicted octanol–water partition coefficient (Wildman–Crippen LogP) is 7.33. The molecule has 150 valence electrons. The van der Waals surface area contributed by atoms with E-state index in [0.717, 1.165) is 5.92 Å². The van der Waals surface area contributed by atoms with Gasteiger partial charge in [0.1, 0.15) is 0 Å². The molecule has 0 saturated heterocycles. The van der Waals surface area contributed by atoms with Gasteiger partial charge in [-0.25, -0.2) is 0 Å². The van der Waals surface area contributed by atoms with E-state index in [4.69, 9.17) is 0 Å². The Bertz CT molecular complexity index is 573. The van der Waals surface area contributed by atoms with Crippen LogP contribution in [0.1, 0.15) is 95.6 Å². The van der Waals surface area contributed by atoms with Crippen LogP contribution in [-0.4, -0.2) is 10.5 Å². The molecule has 0 amide bonds. The highest BCUT2D eigenvalue weighted by Gasteiger charge is 2.28. The van der Waals surface area contributed by atoms with Gasteiger partial charge in [-0.15, -0.1) is 0 Å². The average Bonchev–Trinajstić information content (AvgIpc) is 3.21. The van der Waals surface area contributed by atoms with Gasteiger partial charge < -0.3 is 5.43 Å². The van der Waals surface area contributed by atoms with Gasteiger partial charge in [0.05, 0.1) is 0 Å². The fourth-order valence-electron chi connectivity index (χ4n) is 4.33. The average molecular weight is 387 g/mol. The zero-order valence-electron chi connectivity index (χ0n) is 17.4. The lowest BCUT2D eigenvalue weighted by molar-refractivity contribution is 0.203. The van der Waals surface area contributed by atoms with Gasteiger partial charge in [-0.05, 0) is 67.5 Å². The minimum absolute atomic E-state index is 0.679. The molecule has 1 aromatic carbocycles. The molecule has 0 aromatic heterocycles. The van der Waals surface area contributed by atoms with Crippen molar-refractivity contribution in [3.63, 3.8) is 0 Å². The molecule has 3 heteroatoms. The first-order valence-corrected chi connectivity index (χ1v) is 12.1. The number of hydrogen-bond acceptors (Lipinski definition) is 3. The number of unbranched alkanes of at least 4 members (excludes halogenated alkanes) is 5. The molecule has 1 saturated carbocycles. The van der Waals surface area contributed by atoms with Crippen molar-refractivity contribution in [1.29, 1.82) is 0 Å². The fraction of sp³-hybridized carbons (Fsp3) is 0.667. The number of benzene rings is 1.